The van der Waals surface area contributed by atoms with Gasteiger partial charge in [-0.15, -0.1) is 0 Å². The Morgan fingerprint density at radius 2 is 1.96 bits per heavy atom. The lowest BCUT2D eigenvalue weighted by Crippen LogP contribution is -2.45. The van der Waals surface area contributed by atoms with Crippen LogP contribution in [0.2, 0.25) is 5.02 Å². The number of nitrogens with one attached hydrogen (secondary N) is 1. The van der Waals surface area contributed by atoms with Gasteiger partial charge in [-0.1, -0.05) is 65.8 Å². The Morgan fingerprint density at radius 1 is 1.20 bits per heavy atom. The molecular weight excluding hydrogens is 376 g/mol. The van der Waals surface area contributed by atoms with Crippen molar-refractivity contribution in [2.75, 3.05) is 0 Å². The number of hydrogen-bond acceptors (Lipinski definition) is 4. The minimum atomic E-state index is -0.351. The van der Waals surface area contributed by atoms with Crippen molar-refractivity contribution >= 4 is 57.8 Å². The molecule has 2 aromatic rings. The molecule has 1 aliphatic heterocycles. The SMILES string of the molecule is O=C(Cc1ccccc1)NN1C(=O)C(=Cc2cccc(Cl)c2)SC1=S. The molecule has 3 rings (SSSR count). The second kappa shape index (κ2) is 7.82. The number of benzene rings is 2. The van der Waals surface area contributed by atoms with Crippen molar-refractivity contribution in [3.8, 4) is 0 Å². The molecule has 0 radical (unpaired) electrons. The molecule has 0 saturated carbocycles. The van der Waals surface area contributed by atoms with Crippen LogP contribution >= 0.6 is 35.6 Å². The molecule has 0 spiro atoms. The van der Waals surface area contributed by atoms with E-state index >= 15 is 0 Å². The molecule has 1 heterocycles. The number of thioether (sulfide) groups is 1. The van der Waals surface area contributed by atoms with Crippen molar-refractivity contribution in [1.82, 2.24) is 10.4 Å². The van der Waals surface area contributed by atoms with Crippen molar-refractivity contribution in [2.24, 2.45) is 0 Å². The van der Waals surface area contributed by atoms with Gasteiger partial charge in [0.1, 0.15) is 0 Å². The van der Waals surface area contributed by atoms with E-state index in [1.165, 1.54) is 0 Å². The summed E-state index contributed by atoms with van der Waals surface area (Å²) >= 11 is 12.3. The number of amides is 2. The lowest BCUT2D eigenvalue weighted by Gasteiger charge is -2.15. The Hall–Kier alpha value is -2.15. The largest absolute Gasteiger partial charge is 0.285 e. The minimum Gasteiger partial charge on any atom is -0.273 e. The van der Waals surface area contributed by atoms with Gasteiger partial charge in [0.15, 0.2) is 4.32 Å². The van der Waals surface area contributed by atoms with Crippen LogP contribution < -0.4 is 5.43 Å². The molecular formula is C18H13ClN2O2S2. The van der Waals surface area contributed by atoms with Gasteiger partial charge in [-0.25, -0.2) is 0 Å². The van der Waals surface area contributed by atoms with Crippen LogP contribution in [0.3, 0.4) is 0 Å². The maximum atomic E-state index is 12.5. The molecule has 0 unspecified atom stereocenters. The highest BCUT2D eigenvalue weighted by Gasteiger charge is 2.33. The van der Waals surface area contributed by atoms with Crippen LogP contribution in [0.4, 0.5) is 0 Å². The first-order chi connectivity index (χ1) is 12.0. The van der Waals surface area contributed by atoms with Crippen LogP contribution in [-0.2, 0) is 16.0 Å². The Labute approximate surface area is 159 Å². The lowest BCUT2D eigenvalue weighted by atomic mass is 10.1. The van der Waals surface area contributed by atoms with E-state index in [0.29, 0.717) is 14.2 Å². The van der Waals surface area contributed by atoms with E-state index in [9.17, 15) is 9.59 Å². The second-order valence-corrected chi connectivity index (χ2v) is 7.38. The molecule has 0 atom stereocenters. The fourth-order valence-electron chi connectivity index (χ4n) is 2.26. The van der Waals surface area contributed by atoms with Crippen LogP contribution in [0.1, 0.15) is 11.1 Å². The number of thiocarbonyl (C=S) groups is 1. The van der Waals surface area contributed by atoms with Gasteiger partial charge < -0.3 is 0 Å². The number of hydrogen-bond donors (Lipinski definition) is 1. The fourth-order valence-corrected chi connectivity index (χ4v) is 3.64. The van der Waals surface area contributed by atoms with Crippen molar-refractivity contribution in [3.05, 3.63) is 75.7 Å². The minimum absolute atomic E-state index is 0.172. The summed E-state index contributed by atoms with van der Waals surface area (Å²) in [5.41, 5.74) is 4.23. The summed E-state index contributed by atoms with van der Waals surface area (Å²) in [4.78, 5) is 25.1. The lowest BCUT2D eigenvalue weighted by molar-refractivity contribution is -0.132. The molecule has 1 saturated heterocycles. The number of halogens is 1. The fraction of sp³-hybridized carbons (Fsp3) is 0.0556. The summed E-state index contributed by atoms with van der Waals surface area (Å²) in [6, 6.07) is 16.4. The molecule has 2 amide bonds. The number of rotatable bonds is 4. The maximum Gasteiger partial charge on any atom is 0.285 e. The van der Waals surface area contributed by atoms with Crippen LogP contribution in [0.5, 0.6) is 0 Å². The van der Waals surface area contributed by atoms with Gasteiger partial charge in [-0.05, 0) is 41.6 Å². The van der Waals surface area contributed by atoms with E-state index in [1.807, 2.05) is 36.4 Å². The van der Waals surface area contributed by atoms with Gasteiger partial charge in [0.25, 0.3) is 5.91 Å². The first-order valence-electron chi connectivity index (χ1n) is 7.40. The van der Waals surface area contributed by atoms with E-state index in [0.717, 1.165) is 27.9 Å². The van der Waals surface area contributed by atoms with Gasteiger partial charge in [0, 0.05) is 5.02 Å². The standard InChI is InChI=1S/C18H13ClN2O2S2/c19-14-8-4-7-13(9-14)10-15-17(23)21(18(24)25-15)20-16(22)11-12-5-2-1-3-6-12/h1-10H,11H2,(H,20,22). The van der Waals surface area contributed by atoms with Gasteiger partial charge in [0.2, 0.25) is 5.91 Å². The summed E-state index contributed by atoms with van der Waals surface area (Å²) in [6.07, 6.45) is 1.87. The topological polar surface area (TPSA) is 49.4 Å². The third-order valence-corrected chi connectivity index (χ3v) is 4.92. The summed E-state index contributed by atoms with van der Waals surface area (Å²) in [5.74, 6) is -0.650. The van der Waals surface area contributed by atoms with E-state index in [2.05, 4.69) is 5.43 Å². The van der Waals surface area contributed by atoms with E-state index in [1.54, 1.807) is 24.3 Å². The van der Waals surface area contributed by atoms with Crippen molar-refractivity contribution in [2.45, 2.75) is 6.42 Å². The molecule has 25 heavy (non-hydrogen) atoms. The van der Waals surface area contributed by atoms with Crippen molar-refractivity contribution in [3.63, 3.8) is 0 Å². The third-order valence-electron chi connectivity index (χ3n) is 3.38. The zero-order chi connectivity index (χ0) is 17.8. The predicted molar refractivity (Wildman–Crippen MR) is 105 cm³/mol. The Morgan fingerprint density at radius 3 is 2.68 bits per heavy atom. The van der Waals surface area contributed by atoms with Gasteiger partial charge in [0.05, 0.1) is 11.3 Å². The van der Waals surface area contributed by atoms with E-state index in [4.69, 9.17) is 23.8 Å². The van der Waals surface area contributed by atoms with Gasteiger partial charge in [-0.3, -0.25) is 15.0 Å². The molecule has 0 aliphatic carbocycles. The first kappa shape index (κ1) is 17.7. The molecule has 0 aromatic heterocycles. The van der Waals surface area contributed by atoms with Crippen LogP contribution in [0.25, 0.3) is 6.08 Å². The smallest absolute Gasteiger partial charge is 0.273 e. The molecule has 4 nitrogen and oxygen atoms in total. The molecule has 1 N–H and O–H groups in total. The second-order valence-electron chi connectivity index (χ2n) is 5.27. The normalized spacial score (nSPS) is 15.7. The summed E-state index contributed by atoms with van der Waals surface area (Å²) in [5, 5.41) is 1.70. The summed E-state index contributed by atoms with van der Waals surface area (Å²) in [7, 11) is 0. The molecule has 7 heteroatoms. The quantitative estimate of drug-likeness (QED) is 0.639. The highest BCUT2D eigenvalue weighted by Crippen LogP contribution is 2.31. The zero-order valence-corrected chi connectivity index (χ0v) is 15.3. The molecule has 126 valence electrons. The van der Waals surface area contributed by atoms with Crippen LogP contribution in [0.15, 0.2) is 59.5 Å². The number of carbonyl (C=O) groups excluding carboxylic acids is 2. The maximum absolute atomic E-state index is 12.5. The Balaban J connectivity index is 1.70. The van der Waals surface area contributed by atoms with Crippen molar-refractivity contribution in [1.29, 1.82) is 0 Å². The summed E-state index contributed by atoms with van der Waals surface area (Å²) < 4.78 is 0.291. The van der Waals surface area contributed by atoms with Gasteiger partial charge >= 0.3 is 0 Å². The Bertz CT molecular complexity index is 868. The van der Waals surface area contributed by atoms with Crippen LogP contribution in [-0.4, -0.2) is 21.1 Å². The number of nitrogens with zero attached hydrogens (tertiary/aromatic N) is 1. The van der Waals surface area contributed by atoms with Gasteiger partial charge in [-0.2, -0.15) is 5.01 Å². The first-order valence-corrected chi connectivity index (χ1v) is 9.00. The monoisotopic (exact) mass is 388 g/mol. The molecule has 1 aliphatic rings. The Kier molecular flexibility index (Phi) is 5.53. The van der Waals surface area contributed by atoms with Crippen molar-refractivity contribution < 1.29 is 9.59 Å². The predicted octanol–water partition coefficient (Wildman–Crippen LogP) is 3.82. The van der Waals surface area contributed by atoms with Crippen LogP contribution in [0, 0.1) is 0 Å². The highest BCUT2D eigenvalue weighted by atomic mass is 35.5. The number of carbonyl (C=O) groups is 2. The van der Waals surface area contributed by atoms with E-state index < -0.39 is 0 Å². The molecule has 2 aromatic carbocycles. The summed E-state index contributed by atoms with van der Waals surface area (Å²) in [6.45, 7) is 0. The third kappa shape index (κ3) is 4.48. The number of hydrazine groups is 1. The zero-order valence-electron chi connectivity index (χ0n) is 12.9. The van der Waals surface area contributed by atoms with E-state index in [-0.39, 0.29) is 18.2 Å². The molecule has 0 bridgehead atoms. The molecule has 1 fully saturated rings. The highest BCUT2D eigenvalue weighted by molar-refractivity contribution is 8.26. The average Bonchev–Trinajstić information content (AvgIpc) is 2.83. The average molecular weight is 389 g/mol.